The van der Waals surface area contributed by atoms with Crippen LogP contribution in [0.25, 0.3) is 28.0 Å². The molecule has 0 saturated heterocycles. The lowest BCUT2D eigenvalue weighted by Gasteiger charge is -2.06. The van der Waals surface area contributed by atoms with Crippen molar-refractivity contribution in [3.05, 3.63) is 60.8 Å². The van der Waals surface area contributed by atoms with Gasteiger partial charge in [0.1, 0.15) is 17.3 Å². The van der Waals surface area contributed by atoms with Crippen LogP contribution in [0.2, 0.25) is 0 Å². The molecule has 1 aromatic carbocycles. The molecule has 1 amide bonds. The number of anilines is 1. The van der Waals surface area contributed by atoms with Gasteiger partial charge >= 0.3 is 0 Å². The first kappa shape index (κ1) is 15.1. The number of carbonyl (C=O) groups is 1. The zero-order valence-corrected chi connectivity index (χ0v) is 13.3. The normalized spacial score (nSPS) is 11.0. The molecule has 0 saturated carbocycles. The minimum absolute atomic E-state index is 0.164. The number of carbonyl (C=O) groups excluding carboxylic acids is 1. The summed E-state index contributed by atoms with van der Waals surface area (Å²) in [5, 5.41) is 9.90. The highest BCUT2D eigenvalue weighted by atomic mass is 19.1. The molecule has 0 unspecified atom stereocenters. The number of nitrogens with one attached hydrogen (secondary N) is 2. The maximum absolute atomic E-state index is 13.2. The lowest BCUT2D eigenvalue weighted by Crippen LogP contribution is -2.07. The van der Waals surface area contributed by atoms with Crippen molar-refractivity contribution in [3.8, 4) is 22.4 Å². The third kappa shape index (κ3) is 2.76. The minimum atomic E-state index is -0.291. The summed E-state index contributed by atoms with van der Waals surface area (Å²) in [7, 11) is 0. The van der Waals surface area contributed by atoms with Crippen LogP contribution in [-0.4, -0.2) is 25.5 Å². The number of aromatic amines is 1. The summed E-state index contributed by atoms with van der Waals surface area (Å²) >= 11 is 0. The predicted octanol–water partition coefficient (Wildman–Crippen LogP) is 3.49. The average Bonchev–Trinajstić information content (AvgIpc) is 3.22. The summed E-state index contributed by atoms with van der Waals surface area (Å²) in [5.41, 5.74) is 4.02. The first-order valence-corrected chi connectivity index (χ1v) is 7.66. The zero-order chi connectivity index (χ0) is 17.4. The Hall–Kier alpha value is -3.48. The van der Waals surface area contributed by atoms with E-state index in [4.69, 9.17) is 0 Å². The summed E-state index contributed by atoms with van der Waals surface area (Å²) < 4.78 is 15.0. The standard InChI is InChI=1S/C18H14FN5O/c1-11(25)22-17-9-20-16-7-4-13(10-24(16)17)15-8-21-23-18(15)12-2-5-14(19)6-3-12/h2-10H,1H3,(H,21,23)(H,22,25). The number of H-pyrrole nitrogens is 1. The highest BCUT2D eigenvalue weighted by Gasteiger charge is 2.13. The zero-order valence-electron chi connectivity index (χ0n) is 13.3. The Balaban J connectivity index is 1.81. The van der Waals surface area contributed by atoms with Gasteiger partial charge in [-0.25, -0.2) is 9.37 Å². The number of pyridine rings is 1. The van der Waals surface area contributed by atoms with E-state index < -0.39 is 0 Å². The van der Waals surface area contributed by atoms with Gasteiger partial charge in [-0.2, -0.15) is 5.10 Å². The summed E-state index contributed by atoms with van der Waals surface area (Å²) in [5.74, 6) is 0.138. The van der Waals surface area contributed by atoms with E-state index in [2.05, 4.69) is 20.5 Å². The highest BCUT2D eigenvalue weighted by Crippen LogP contribution is 2.30. The molecule has 0 aliphatic carbocycles. The molecule has 0 fully saturated rings. The van der Waals surface area contributed by atoms with E-state index in [1.807, 2.05) is 18.3 Å². The Morgan fingerprint density at radius 2 is 1.92 bits per heavy atom. The van der Waals surface area contributed by atoms with Gasteiger partial charge in [-0.15, -0.1) is 0 Å². The lowest BCUT2D eigenvalue weighted by molar-refractivity contribution is -0.114. The Morgan fingerprint density at radius 1 is 1.16 bits per heavy atom. The van der Waals surface area contributed by atoms with Gasteiger partial charge in [0, 0.05) is 36.0 Å². The highest BCUT2D eigenvalue weighted by molar-refractivity contribution is 5.88. The number of hydrogen-bond acceptors (Lipinski definition) is 3. The number of halogens is 1. The van der Waals surface area contributed by atoms with Crippen LogP contribution < -0.4 is 5.32 Å². The second kappa shape index (κ2) is 5.86. The number of benzene rings is 1. The molecule has 0 atom stereocenters. The van der Waals surface area contributed by atoms with Gasteiger partial charge in [-0.05, 0) is 36.4 Å². The number of amides is 1. The Kier molecular flexibility index (Phi) is 3.53. The molecular formula is C18H14FN5O. The van der Waals surface area contributed by atoms with Crippen LogP contribution in [0.5, 0.6) is 0 Å². The third-order valence-electron chi connectivity index (χ3n) is 3.88. The predicted molar refractivity (Wildman–Crippen MR) is 92.5 cm³/mol. The SMILES string of the molecule is CC(=O)Nc1cnc2ccc(-c3c[nH]nc3-c3ccc(F)cc3)cn12. The molecule has 2 N–H and O–H groups in total. The molecule has 6 nitrogen and oxygen atoms in total. The van der Waals surface area contributed by atoms with E-state index in [1.54, 1.807) is 28.9 Å². The molecule has 0 spiro atoms. The van der Waals surface area contributed by atoms with Crippen molar-refractivity contribution in [2.24, 2.45) is 0 Å². The number of hydrogen-bond donors (Lipinski definition) is 2. The first-order chi connectivity index (χ1) is 12.1. The van der Waals surface area contributed by atoms with E-state index in [1.165, 1.54) is 19.1 Å². The van der Waals surface area contributed by atoms with Gasteiger partial charge in [0.05, 0.1) is 11.9 Å². The van der Waals surface area contributed by atoms with Crippen molar-refractivity contribution < 1.29 is 9.18 Å². The lowest BCUT2D eigenvalue weighted by atomic mass is 10.0. The van der Waals surface area contributed by atoms with E-state index >= 15 is 0 Å². The summed E-state index contributed by atoms with van der Waals surface area (Å²) in [6, 6.07) is 9.98. The van der Waals surface area contributed by atoms with Gasteiger partial charge in [0.15, 0.2) is 0 Å². The van der Waals surface area contributed by atoms with Crippen molar-refractivity contribution in [3.63, 3.8) is 0 Å². The minimum Gasteiger partial charge on any atom is -0.311 e. The van der Waals surface area contributed by atoms with Gasteiger partial charge in [-0.3, -0.25) is 14.3 Å². The van der Waals surface area contributed by atoms with Crippen molar-refractivity contribution in [2.45, 2.75) is 6.92 Å². The largest absolute Gasteiger partial charge is 0.311 e. The molecule has 4 aromatic rings. The number of nitrogens with zero attached hydrogens (tertiary/aromatic N) is 3. The summed E-state index contributed by atoms with van der Waals surface area (Å²) in [6.45, 7) is 1.45. The Bertz CT molecular complexity index is 1060. The summed E-state index contributed by atoms with van der Waals surface area (Å²) in [4.78, 5) is 15.6. The fraction of sp³-hybridized carbons (Fsp3) is 0.0556. The number of imidazole rings is 1. The molecular weight excluding hydrogens is 321 g/mol. The van der Waals surface area contributed by atoms with Crippen LogP contribution in [0.4, 0.5) is 10.2 Å². The summed E-state index contributed by atoms with van der Waals surface area (Å²) in [6.07, 6.45) is 5.27. The molecule has 25 heavy (non-hydrogen) atoms. The van der Waals surface area contributed by atoms with Gasteiger partial charge in [0.2, 0.25) is 5.91 Å². The van der Waals surface area contributed by atoms with Gasteiger partial charge in [-0.1, -0.05) is 0 Å². The molecule has 0 bridgehead atoms. The van der Waals surface area contributed by atoms with E-state index in [0.717, 1.165) is 28.0 Å². The van der Waals surface area contributed by atoms with Crippen LogP contribution in [0, 0.1) is 5.82 Å². The van der Waals surface area contributed by atoms with Crippen molar-refractivity contribution in [2.75, 3.05) is 5.32 Å². The van der Waals surface area contributed by atoms with Crippen LogP contribution in [0.1, 0.15) is 6.92 Å². The number of aromatic nitrogens is 4. The first-order valence-electron chi connectivity index (χ1n) is 7.66. The monoisotopic (exact) mass is 335 g/mol. The van der Waals surface area contributed by atoms with E-state index in [0.29, 0.717) is 5.82 Å². The second-order valence-electron chi connectivity index (χ2n) is 5.63. The fourth-order valence-electron chi connectivity index (χ4n) is 2.75. The Morgan fingerprint density at radius 3 is 2.68 bits per heavy atom. The van der Waals surface area contributed by atoms with E-state index in [9.17, 15) is 9.18 Å². The molecule has 4 rings (SSSR count). The van der Waals surface area contributed by atoms with Crippen LogP contribution in [-0.2, 0) is 4.79 Å². The average molecular weight is 335 g/mol. The molecule has 0 aliphatic rings. The quantitative estimate of drug-likeness (QED) is 0.602. The molecule has 7 heteroatoms. The maximum atomic E-state index is 13.2. The van der Waals surface area contributed by atoms with Crippen LogP contribution >= 0.6 is 0 Å². The van der Waals surface area contributed by atoms with Crippen molar-refractivity contribution in [1.82, 2.24) is 19.6 Å². The van der Waals surface area contributed by atoms with Crippen LogP contribution in [0.15, 0.2) is 55.0 Å². The molecule has 0 radical (unpaired) electrons. The maximum Gasteiger partial charge on any atom is 0.222 e. The molecule has 3 heterocycles. The van der Waals surface area contributed by atoms with Crippen LogP contribution in [0.3, 0.4) is 0 Å². The van der Waals surface area contributed by atoms with E-state index in [-0.39, 0.29) is 11.7 Å². The molecule has 3 aromatic heterocycles. The van der Waals surface area contributed by atoms with Crippen molar-refractivity contribution >= 4 is 17.4 Å². The molecule has 0 aliphatic heterocycles. The number of rotatable bonds is 3. The van der Waals surface area contributed by atoms with Gasteiger partial charge < -0.3 is 5.32 Å². The fourth-order valence-corrected chi connectivity index (χ4v) is 2.75. The molecule has 124 valence electrons. The van der Waals surface area contributed by atoms with Gasteiger partial charge in [0.25, 0.3) is 0 Å². The smallest absolute Gasteiger partial charge is 0.222 e. The van der Waals surface area contributed by atoms with Crippen molar-refractivity contribution in [1.29, 1.82) is 0 Å². The third-order valence-corrected chi connectivity index (χ3v) is 3.88. The Labute approximate surface area is 142 Å². The second-order valence-corrected chi connectivity index (χ2v) is 5.63. The topological polar surface area (TPSA) is 75.1 Å². The number of fused-ring (bicyclic) bond motifs is 1.